The van der Waals surface area contributed by atoms with Crippen LogP contribution in [0.2, 0.25) is 0 Å². The second-order valence-electron chi connectivity index (χ2n) is 5.67. The first kappa shape index (κ1) is 15.3. The van der Waals surface area contributed by atoms with E-state index in [-0.39, 0.29) is 0 Å². The fraction of sp³-hybridized carbons (Fsp3) is 0.316. The minimum absolute atomic E-state index is 0.293. The van der Waals surface area contributed by atoms with Crippen molar-refractivity contribution in [3.05, 3.63) is 67.3 Å². The van der Waals surface area contributed by atoms with E-state index in [1.807, 2.05) is 42.5 Å². The molecular weight excluding hydrogens is 258 g/mol. The van der Waals surface area contributed by atoms with E-state index in [2.05, 4.69) is 38.0 Å². The Labute approximate surface area is 127 Å². The van der Waals surface area contributed by atoms with Crippen molar-refractivity contribution in [2.45, 2.75) is 25.9 Å². The van der Waals surface area contributed by atoms with Crippen LogP contribution in [0.3, 0.4) is 0 Å². The average Bonchev–Trinajstić information content (AvgIpc) is 2.76. The fourth-order valence-electron chi connectivity index (χ4n) is 3.19. The Morgan fingerprint density at radius 2 is 1.67 bits per heavy atom. The summed E-state index contributed by atoms with van der Waals surface area (Å²) < 4.78 is 0. The van der Waals surface area contributed by atoms with Crippen LogP contribution in [0.15, 0.2) is 61.7 Å². The van der Waals surface area contributed by atoms with Gasteiger partial charge in [0, 0.05) is 11.3 Å². The molecule has 1 heterocycles. The quantitative estimate of drug-likeness (QED) is 0.457. The summed E-state index contributed by atoms with van der Waals surface area (Å²) in [7, 11) is 0. The van der Waals surface area contributed by atoms with Crippen molar-refractivity contribution in [1.29, 1.82) is 0 Å². The number of anilines is 1. The Hall–Kier alpha value is -2.09. The molecule has 1 aromatic carbocycles. The molecule has 1 fully saturated rings. The molecule has 0 N–H and O–H groups in total. The maximum absolute atomic E-state index is 10.8. The first-order chi connectivity index (χ1) is 10.1. The molecule has 4 unspecified atom stereocenters. The second-order valence-corrected chi connectivity index (χ2v) is 5.67. The van der Waals surface area contributed by atoms with Gasteiger partial charge in [-0.1, -0.05) is 44.7 Å². The van der Waals surface area contributed by atoms with Gasteiger partial charge in [0.05, 0.1) is 12.1 Å². The minimum Gasteiger partial charge on any atom is -0.358 e. The molecule has 0 spiro atoms. The third kappa shape index (κ3) is 2.85. The van der Waals surface area contributed by atoms with Crippen LogP contribution in [0, 0.1) is 11.8 Å². The van der Waals surface area contributed by atoms with E-state index in [4.69, 9.17) is 0 Å². The summed E-state index contributed by atoms with van der Waals surface area (Å²) in [5.74, 6) is 1.04. The van der Waals surface area contributed by atoms with E-state index < -0.39 is 0 Å². The lowest BCUT2D eigenvalue weighted by atomic mass is 9.90. The molecule has 2 nitrogen and oxygen atoms in total. The van der Waals surface area contributed by atoms with Gasteiger partial charge in [0.2, 0.25) is 0 Å². The van der Waals surface area contributed by atoms with Gasteiger partial charge in [-0.2, -0.15) is 0 Å². The Kier molecular flexibility index (Phi) is 4.79. The zero-order chi connectivity index (χ0) is 15.4. The number of hydrogen-bond acceptors (Lipinski definition) is 2. The second kappa shape index (κ2) is 6.57. The summed E-state index contributed by atoms with van der Waals surface area (Å²) in [5, 5.41) is 0. The summed E-state index contributed by atoms with van der Waals surface area (Å²) in [6.07, 6.45) is 8.92. The van der Waals surface area contributed by atoms with E-state index in [9.17, 15) is 4.79 Å². The van der Waals surface area contributed by atoms with Gasteiger partial charge in [0.1, 0.15) is 6.29 Å². The van der Waals surface area contributed by atoms with Gasteiger partial charge in [0.25, 0.3) is 0 Å². The van der Waals surface area contributed by atoms with Crippen molar-refractivity contribution in [3.63, 3.8) is 0 Å². The Morgan fingerprint density at radius 1 is 1.05 bits per heavy atom. The topological polar surface area (TPSA) is 20.3 Å². The minimum atomic E-state index is 0.293. The lowest BCUT2D eigenvalue weighted by molar-refractivity contribution is 0.112. The third-order valence-electron chi connectivity index (χ3n) is 4.56. The van der Waals surface area contributed by atoms with Gasteiger partial charge in [-0.05, 0) is 36.1 Å². The first-order valence-corrected chi connectivity index (χ1v) is 7.39. The summed E-state index contributed by atoms with van der Waals surface area (Å²) in [4.78, 5) is 13.2. The molecule has 4 atom stereocenters. The number of benzene rings is 1. The fourth-order valence-corrected chi connectivity index (χ4v) is 3.19. The van der Waals surface area contributed by atoms with Crippen LogP contribution in [0.4, 0.5) is 5.69 Å². The van der Waals surface area contributed by atoms with Crippen molar-refractivity contribution < 1.29 is 4.79 Å². The van der Waals surface area contributed by atoms with Gasteiger partial charge in [-0.15, -0.1) is 6.58 Å². The molecular formula is C19H23NO. The summed E-state index contributed by atoms with van der Waals surface area (Å²) in [5.41, 5.74) is 1.83. The number of nitrogens with zero attached hydrogens (tertiary/aromatic N) is 1. The maximum atomic E-state index is 10.8. The van der Waals surface area contributed by atoms with Crippen molar-refractivity contribution in [2.75, 3.05) is 4.90 Å². The molecule has 21 heavy (non-hydrogen) atoms. The zero-order valence-electron chi connectivity index (χ0n) is 12.8. The van der Waals surface area contributed by atoms with E-state index in [0.717, 1.165) is 12.0 Å². The van der Waals surface area contributed by atoms with Gasteiger partial charge < -0.3 is 4.90 Å². The van der Waals surface area contributed by atoms with Crippen LogP contribution in [-0.2, 0) is 0 Å². The van der Waals surface area contributed by atoms with E-state index >= 15 is 0 Å². The zero-order valence-corrected chi connectivity index (χ0v) is 12.8. The highest BCUT2D eigenvalue weighted by atomic mass is 16.1. The standard InChI is InChI=1S/C19H23NO/c1-5-7-8-19-15(4)14(3)18(6-2)20(19)17-11-9-16(13-21)10-12-17/h5-15,18-19H,1-2H2,3-4H3/b8-7-. The highest BCUT2D eigenvalue weighted by Gasteiger charge is 2.41. The van der Waals surface area contributed by atoms with Crippen LogP contribution in [0.1, 0.15) is 24.2 Å². The van der Waals surface area contributed by atoms with Crippen LogP contribution >= 0.6 is 0 Å². The van der Waals surface area contributed by atoms with Gasteiger partial charge in [0.15, 0.2) is 0 Å². The monoisotopic (exact) mass is 281 g/mol. The average molecular weight is 281 g/mol. The number of carbonyl (C=O) groups excluding carboxylic acids is 1. The molecule has 1 saturated heterocycles. The lowest BCUT2D eigenvalue weighted by Gasteiger charge is -2.31. The molecule has 0 amide bonds. The molecule has 0 radical (unpaired) electrons. The largest absolute Gasteiger partial charge is 0.358 e. The predicted octanol–water partition coefficient (Wildman–Crippen LogP) is 4.26. The SMILES string of the molecule is C=C/C=C\C1C(C)C(C)C(C=C)N1c1ccc(C=O)cc1. The maximum Gasteiger partial charge on any atom is 0.150 e. The Morgan fingerprint density at radius 3 is 2.19 bits per heavy atom. The van der Waals surface area contributed by atoms with Crippen LogP contribution in [0.5, 0.6) is 0 Å². The highest BCUT2D eigenvalue weighted by molar-refractivity contribution is 5.76. The molecule has 0 aliphatic carbocycles. The van der Waals surface area contributed by atoms with Gasteiger partial charge in [-0.25, -0.2) is 0 Å². The number of rotatable bonds is 5. The van der Waals surface area contributed by atoms with Crippen molar-refractivity contribution in [3.8, 4) is 0 Å². The number of allylic oxidation sites excluding steroid dienone is 2. The van der Waals surface area contributed by atoms with Crippen molar-refractivity contribution >= 4 is 12.0 Å². The predicted molar refractivity (Wildman–Crippen MR) is 89.7 cm³/mol. The summed E-state index contributed by atoms with van der Waals surface area (Å²) in [6, 6.07) is 8.36. The summed E-state index contributed by atoms with van der Waals surface area (Å²) >= 11 is 0. The van der Waals surface area contributed by atoms with Crippen LogP contribution in [0.25, 0.3) is 0 Å². The Balaban J connectivity index is 2.42. The van der Waals surface area contributed by atoms with Gasteiger partial charge >= 0.3 is 0 Å². The van der Waals surface area contributed by atoms with E-state index in [0.29, 0.717) is 29.5 Å². The van der Waals surface area contributed by atoms with Crippen LogP contribution < -0.4 is 4.90 Å². The van der Waals surface area contributed by atoms with Crippen molar-refractivity contribution in [2.24, 2.45) is 11.8 Å². The molecule has 110 valence electrons. The van der Waals surface area contributed by atoms with E-state index in [1.165, 1.54) is 0 Å². The normalized spacial score (nSPS) is 28.8. The van der Waals surface area contributed by atoms with E-state index in [1.54, 1.807) is 0 Å². The molecule has 1 aliphatic rings. The third-order valence-corrected chi connectivity index (χ3v) is 4.56. The molecule has 1 aromatic rings. The lowest BCUT2D eigenvalue weighted by Crippen LogP contribution is -2.35. The highest BCUT2D eigenvalue weighted by Crippen LogP contribution is 2.39. The molecule has 0 bridgehead atoms. The molecule has 2 rings (SSSR count). The van der Waals surface area contributed by atoms with Gasteiger partial charge in [-0.3, -0.25) is 4.79 Å². The summed E-state index contributed by atoms with van der Waals surface area (Å²) in [6.45, 7) is 12.3. The molecule has 0 saturated carbocycles. The number of hydrogen-bond donors (Lipinski definition) is 0. The number of aldehydes is 1. The first-order valence-electron chi connectivity index (χ1n) is 7.39. The van der Waals surface area contributed by atoms with Crippen LogP contribution in [-0.4, -0.2) is 18.4 Å². The molecule has 2 heteroatoms. The smallest absolute Gasteiger partial charge is 0.150 e. The number of carbonyl (C=O) groups is 1. The van der Waals surface area contributed by atoms with Crippen molar-refractivity contribution in [1.82, 2.24) is 0 Å². The Bertz CT molecular complexity index is 543. The molecule has 1 aliphatic heterocycles. The molecule has 0 aromatic heterocycles.